The van der Waals surface area contributed by atoms with Gasteiger partial charge in [0.25, 0.3) is 0 Å². The van der Waals surface area contributed by atoms with Crippen LogP contribution in [0.3, 0.4) is 0 Å². The Hall–Kier alpha value is -3.72. The van der Waals surface area contributed by atoms with Gasteiger partial charge in [0, 0.05) is 29.3 Å². The molecule has 1 amide bonds. The molecule has 9 heteroatoms. The maximum absolute atomic E-state index is 13.1. The number of thiazole rings is 1. The quantitative estimate of drug-likeness (QED) is 0.395. The second-order valence-corrected chi connectivity index (χ2v) is 7.64. The Morgan fingerprint density at radius 3 is 2.72 bits per heavy atom. The molecule has 4 rings (SSSR count). The van der Waals surface area contributed by atoms with Crippen LogP contribution in [0.5, 0.6) is 11.5 Å². The van der Waals surface area contributed by atoms with Gasteiger partial charge in [0.2, 0.25) is 5.91 Å². The van der Waals surface area contributed by atoms with Crippen LogP contribution >= 0.6 is 11.3 Å². The Kier molecular flexibility index (Phi) is 6.46. The molecule has 2 aromatic carbocycles. The number of ether oxygens (including phenoxy) is 2. The van der Waals surface area contributed by atoms with Gasteiger partial charge in [-0.05, 0) is 42.5 Å². The monoisotopic (exact) mass is 453 g/mol. The van der Waals surface area contributed by atoms with Crippen LogP contribution in [-0.4, -0.2) is 30.1 Å². The highest BCUT2D eigenvalue weighted by Crippen LogP contribution is 2.35. The number of nitrogens with zero attached hydrogens (tertiary/aromatic N) is 2. The predicted molar refractivity (Wildman–Crippen MR) is 120 cm³/mol. The van der Waals surface area contributed by atoms with E-state index in [4.69, 9.17) is 13.9 Å². The van der Waals surface area contributed by atoms with E-state index >= 15 is 0 Å². The van der Waals surface area contributed by atoms with E-state index in [-0.39, 0.29) is 18.1 Å². The van der Waals surface area contributed by atoms with Gasteiger partial charge in [-0.25, -0.2) is 14.4 Å². The average molecular weight is 453 g/mol. The number of rotatable bonds is 8. The molecular weight excluding hydrogens is 433 g/mol. The summed E-state index contributed by atoms with van der Waals surface area (Å²) in [7, 11) is 3.18. The first kappa shape index (κ1) is 21.5. The van der Waals surface area contributed by atoms with Crippen LogP contribution < -0.4 is 14.8 Å². The number of anilines is 1. The van der Waals surface area contributed by atoms with Gasteiger partial charge >= 0.3 is 0 Å². The molecule has 0 aliphatic rings. The number of methoxy groups -OCH3 is 2. The van der Waals surface area contributed by atoms with Crippen molar-refractivity contribution in [3.05, 3.63) is 65.7 Å². The summed E-state index contributed by atoms with van der Waals surface area (Å²) < 4.78 is 29.4. The molecule has 0 atom stereocenters. The van der Waals surface area contributed by atoms with Crippen LogP contribution in [0.4, 0.5) is 9.52 Å². The lowest BCUT2D eigenvalue weighted by Crippen LogP contribution is -2.12. The molecule has 0 radical (unpaired) electrons. The van der Waals surface area contributed by atoms with Crippen molar-refractivity contribution in [2.45, 2.75) is 12.8 Å². The standard InChI is InChI=1S/C23H20FN3O4S/c1-29-16-7-8-19(30-2)17(11-16)18-13-32-23(26-18)27-21(28)9-10-22-25-12-20(31-22)14-3-5-15(24)6-4-14/h3-8,11-13H,9-10H2,1-2H3,(H,26,27,28). The summed E-state index contributed by atoms with van der Waals surface area (Å²) in [5.74, 6) is 1.78. The minimum absolute atomic E-state index is 0.181. The molecule has 4 aromatic rings. The fourth-order valence-corrected chi connectivity index (χ4v) is 3.77. The van der Waals surface area contributed by atoms with Crippen LogP contribution in [0.1, 0.15) is 12.3 Å². The zero-order valence-corrected chi connectivity index (χ0v) is 18.2. The lowest BCUT2D eigenvalue weighted by molar-refractivity contribution is -0.116. The van der Waals surface area contributed by atoms with E-state index in [0.29, 0.717) is 40.4 Å². The van der Waals surface area contributed by atoms with E-state index in [0.717, 1.165) is 11.1 Å². The average Bonchev–Trinajstić information content (AvgIpc) is 3.47. The maximum atomic E-state index is 13.1. The summed E-state index contributed by atoms with van der Waals surface area (Å²) in [6, 6.07) is 11.4. The van der Waals surface area contributed by atoms with E-state index in [2.05, 4.69) is 15.3 Å². The fourth-order valence-electron chi connectivity index (χ4n) is 3.04. The van der Waals surface area contributed by atoms with Crippen LogP contribution in [-0.2, 0) is 11.2 Å². The summed E-state index contributed by atoms with van der Waals surface area (Å²) in [6.45, 7) is 0. The van der Waals surface area contributed by atoms with E-state index in [1.807, 2.05) is 23.6 Å². The Morgan fingerprint density at radius 1 is 1.16 bits per heavy atom. The normalized spacial score (nSPS) is 10.7. The summed E-state index contributed by atoms with van der Waals surface area (Å²) in [4.78, 5) is 21.1. The fraction of sp³-hybridized carbons (Fsp3) is 0.174. The van der Waals surface area contributed by atoms with Crippen molar-refractivity contribution >= 4 is 22.4 Å². The lowest BCUT2D eigenvalue weighted by Gasteiger charge is -2.08. The number of aromatic nitrogens is 2. The molecule has 32 heavy (non-hydrogen) atoms. The predicted octanol–water partition coefficient (Wildman–Crippen LogP) is 5.19. The molecule has 0 spiro atoms. The summed E-state index contributed by atoms with van der Waals surface area (Å²) in [5, 5.41) is 5.12. The largest absolute Gasteiger partial charge is 0.497 e. The molecule has 2 heterocycles. The molecule has 0 unspecified atom stereocenters. The Labute approximate surface area is 187 Å². The van der Waals surface area contributed by atoms with E-state index in [1.54, 1.807) is 32.5 Å². The molecule has 0 saturated carbocycles. The molecule has 0 saturated heterocycles. The zero-order valence-electron chi connectivity index (χ0n) is 17.4. The zero-order chi connectivity index (χ0) is 22.5. The lowest BCUT2D eigenvalue weighted by atomic mass is 10.1. The summed E-state index contributed by atoms with van der Waals surface area (Å²) >= 11 is 1.32. The second kappa shape index (κ2) is 9.61. The molecule has 1 N–H and O–H groups in total. The Balaban J connectivity index is 1.37. The number of benzene rings is 2. The highest BCUT2D eigenvalue weighted by atomic mass is 32.1. The number of aryl methyl sites for hydroxylation is 1. The first-order valence-corrected chi connectivity index (χ1v) is 10.6. The first-order chi connectivity index (χ1) is 15.6. The molecule has 0 bridgehead atoms. The van der Waals surface area contributed by atoms with E-state index in [9.17, 15) is 9.18 Å². The van der Waals surface area contributed by atoms with Gasteiger partial charge < -0.3 is 19.2 Å². The molecule has 2 aromatic heterocycles. The molecule has 0 fully saturated rings. The smallest absolute Gasteiger partial charge is 0.226 e. The van der Waals surface area contributed by atoms with Crippen LogP contribution in [0.15, 0.2) is 58.5 Å². The third kappa shape index (κ3) is 4.94. The number of nitrogens with one attached hydrogen (secondary N) is 1. The van der Waals surface area contributed by atoms with Crippen LogP contribution in [0.2, 0.25) is 0 Å². The van der Waals surface area contributed by atoms with Gasteiger partial charge in [-0.15, -0.1) is 11.3 Å². The minimum Gasteiger partial charge on any atom is -0.497 e. The SMILES string of the molecule is COc1ccc(OC)c(-c2csc(NC(=O)CCc3ncc(-c4ccc(F)cc4)o3)n2)c1. The van der Waals surface area contributed by atoms with E-state index < -0.39 is 0 Å². The molecule has 0 aliphatic heterocycles. The third-order valence-electron chi connectivity index (χ3n) is 4.68. The Bertz CT molecular complexity index is 1220. The van der Waals surface area contributed by atoms with Gasteiger partial charge in [0.15, 0.2) is 16.8 Å². The van der Waals surface area contributed by atoms with Crippen molar-refractivity contribution in [2.75, 3.05) is 19.5 Å². The van der Waals surface area contributed by atoms with Gasteiger partial charge in [0.1, 0.15) is 17.3 Å². The first-order valence-electron chi connectivity index (χ1n) is 9.74. The number of hydrogen-bond donors (Lipinski definition) is 1. The second-order valence-electron chi connectivity index (χ2n) is 6.78. The van der Waals surface area contributed by atoms with Gasteiger partial charge in [-0.1, -0.05) is 0 Å². The summed E-state index contributed by atoms with van der Waals surface area (Å²) in [6.07, 6.45) is 2.07. The number of carbonyl (C=O) groups is 1. The topological polar surface area (TPSA) is 86.5 Å². The van der Waals surface area contributed by atoms with Crippen molar-refractivity contribution in [1.29, 1.82) is 0 Å². The number of carbonyl (C=O) groups excluding carboxylic acids is 1. The number of hydrogen-bond acceptors (Lipinski definition) is 7. The van der Waals surface area contributed by atoms with Crippen molar-refractivity contribution < 1.29 is 23.1 Å². The molecule has 0 aliphatic carbocycles. The van der Waals surface area contributed by atoms with Crippen molar-refractivity contribution in [1.82, 2.24) is 9.97 Å². The molecule has 7 nitrogen and oxygen atoms in total. The highest BCUT2D eigenvalue weighted by Gasteiger charge is 2.14. The van der Waals surface area contributed by atoms with Gasteiger partial charge in [-0.3, -0.25) is 4.79 Å². The maximum Gasteiger partial charge on any atom is 0.226 e. The van der Waals surface area contributed by atoms with Crippen molar-refractivity contribution in [3.63, 3.8) is 0 Å². The number of oxazole rings is 1. The number of amides is 1. The highest BCUT2D eigenvalue weighted by molar-refractivity contribution is 7.14. The van der Waals surface area contributed by atoms with Crippen LogP contribution in [0.25, 0.3) is 22.6 Å². The van der Waals surface area contributed by atoms with E-state index in [1.165, 1.54) is 23.5 Å². The minimum atomic E-state index is -0.319. The van der Waals surface area contributed by atoms with Crippen LogP contribution in [0, 0.1) is 5.82 Å². The third-order valence-corrected chi connectivity index (χ3v) is 5.44. The van der Waals surface area contributed by atoms with Crippen molar-refractivity contribution in [3.8, 4) is 34.1 Å². The summed E-state index contributed by atoms with van der Waals surface area (Å²) in [5.41, 5.74) is 2.17. The number of halogens is 1. The molecular formula is C23H20FN3O4S. The Morgan fingerprint density at radius 2 is 1.97 bits per heavy atom. The van der Waals surface area contributed by atoms with Crippen molar-refractivity contribution in [2.24, 2.45) is 0 Å². The van der Waals surface area contributed by atoms with Gasteiger partial charge in [0.05, 0.1) is 26.1 Å². The molecule has 164 valence electrons. The van der Waals surface area contributed by atoms with Gasteiger partial charge in [-0.2, -0.15) is 0 Å².